The van der Waals surface area contributed by atoms with Crippen molar-refractivity contribution in [2.24, 2.45) is 5.73 Å². The predicted octanol–water partition coefficient (Wildman–Crippen LogP) is 0.345. The summed E-state index contributed by atoms with van der Waals surface area (Å²) in [5.74, 6) is -0.148. The third kappa shape index (κ3) is 2.10. The molecule has 12 heavy (non-hydrogen) atoms. The average Bonchev–Trinajstić information content (AvgIpc) is 1.96. The van der Waals surface area contributed by atoms with Crippen LogP contribution in [0.25, 0.3) is 0 Å². The molecule has 0 fully saturated rings. The molecule has 0 aromatic carbocycles. The van der Waals surface area contributed by atoms with Crippen molar-refractivity contribution in [2.45, 2.75) is 6.42 Å². The number of nitrogens with two attached hydrogens (primary N) is 2. The van der Waals surface area contributed by atoms with Gasteiger partial charge in [0.2, 0.25) is 5.91 Å². The summed E-state index contributed by atoms with van der Waals surface area (Å²) in [5.41, 5.74) is 10.8. The molecule has 1 heterocycles. The molecule has 0 unspecified atom stereocenters. The molecule has 4 N–H and O–H groups in total. The van der Waals surface area contributed by atoms with Crippen LogP contribution in [0.3, 0.4) is 0 Å². The second kappa shape index (κ2) is 3.40. The van der Waals surface area contributed by atoms with E-state index in [0.717, 1.165) is 0 Å². The summed E-state index contributed by atoms with van der Waals surface area (Å²) in [6.07, 6.45) is 0.0177. The van der Waals surface area contributed by atoms with Crippen LogP contribution in [0.4, 0.5) is 5.82 Å². The number of primary amides is 1. The monoisotopic (exact) mass is 185 g/mol. The Hall–Kier alpha value is -1.29. The Morgan fingerprint density at radius 1 is 1.58 bits per heavy atom. The Balaban J connectivity index is 2.97. The summed E-state index contributed by atoms with van der Waals surface area (Å²) in [6.45, 7) is 0. The van der Waals surface area contributed by atoms with E-state index < -0.39 is 5.91 Å². The maximum atomic E-state index is 10.5. The van der Waals surface area contributed by atoms with Gasteiger partial charge in [-0.1, -0.05) is 11.6 Å². The van der Waals surface area contributed by atoms with Crippen LogP contribution in [0.5, 0.6) is 0 Å². The first-order valence-corrected chi connectivity index (χ1v) is 3.66. The summed E-state index contributed by atoms with van der Waals surface area (Å²) in [7, 11) is 0. The van der Waals surface area contributed by atoms with E-state index >= 15 is 0 Å². The van der Waals surface area contributed by atoms with Crippen LogP contribution in [0.15, 0.2) is 12.1 Å². The van der Waals surface area contributed by atoms with Crippen LogP contribution in [0, 0.1) is 0 Å². The summed E-state index contributed by atoms with van der Waals surface area (Å²) < 4.78 is 0. The van der Waals surface area contributed by atoms with Gasteiger partial charge in [-0.05, 0) is 12.1 Å². The van der Waals surface area contributed by atoms with Gasteiger partial charge in [0.15, 0.2) is 0 Å². The number of hydrogen-bond acceptors (Lipinski definition) is 3. The minimum atomic E-state index is -0.477. The summed E-state index contributed by atoms with van der Waals surface area (Å²) in [5, 5.41) is 0.406. The van der Waals surface area contributed by atoms with Gasteiger partial charge in [0.05, 0.1) is 17.1 Å². The zero-order valence-corrected chi connectivity index (χ0v) is 7.01. The van der Waals surface area contributed by atoms with Crippen molar-refractivity contribution >= 4 is 23.3 Å². The molecule has 1 aromatic rings. The van der Waals surface area contributed by atoms with E-state index in [1.54, 1.807) is 12.1 Å². The molecule has 4 nitrogen and oxygen atoms in total. The molecule has 0 radical (unpaired) electrons. The Morgan fingerprint density at radius 2 is 2.25 bits per heavy atom. The van der Waals surface area contributed by atoms with Crippen LogP contribution in [-0.4, -0.2) is 10.9 Å². The maximum Gasteiger partial charge on any atom is 0.223 e. The lowest BCUT2D eigenvalue weighted by molar-refractivity contribution is -0.117. The summed E-state index contributed by atoms with van der Waals surface area (Å²) in [6, 6.07) is 3.15. The molecular formula is C7H8ClN3O. The molecule has 0 aliphatic heterocycles. The third-order valence-corrected chi connectivity index (χ3v) is 1.63. The number of nitrogen functional groups attached to an aromatic ring is 1. The minimum Gasteiger partial charge on any atom is -0.384 e. The first-order chi connectivity index (χ1) is 5.59. The number of carbonyl (C=O) groups excluding carboxylic acids is 1. The van der Waals surface area contributed by atoms with Gasteiger partial charge in [-0.3, -0.25) is 4.79 Å². The lowest BCUT2D eigenvalue weighted by Crippen LogP contribution is -2.15. The molecular weight excluding hydrogens is 178 g/mol. The number of pyridine rings is 1. The molecule has 0 aliphatic carbocycles. The fourth-order valence-electron chi connectivity index (χ4n) is 0.790. The highest BCUT2D eigenvalue weighted by atomic mass is 35.5. The molecule has 0 bridgehead atoms. The van der Waals surface area contributed by atoms with E-state index in [2.05, 4.69) is 4.98 Å². The van der Waals surface area contributed by atoms with Crippen LogP contribution in [0.2, 0.25) is 5.02 Å². The van der Waals surface area contributed by atoms with Crippen molar-refractivity contribution < 1.29 is 4.79 Å². The van der Waals surface area contributed by atoms with Gasteiger partial charge in [-0.2, -0.15) is 0 Å². The fraction of sp³-hybridized carbons (Fsp3) is 0.143. The van der Waals surface area contributed by atoms with Crippen molar-refractivity contribution in [3.05, 3.63) is 22.8 Å². The molecule has 0 spiro atoms. The Kier molecular flexibility index (Phi) is 2.50. The number of anilines is 1. The van der Waals surface area contributed by atoms with E-state index in [1.165, 1.54) is 0 Å². The van der Waals surface area contributed by atoms with Gasteiger partial charge in [-0.15, -0.1) is 0 Å². The van der Waals surface area contributed by atoms with Gasteiger partial charge in [0.1, 0.15) is 5.82 Å². The first-order valence-electron chi connectivity index (χ1n) is 3.29. The Morgan fingerprint density at radius 3 is 2.83 bits per heavy atom. The number of hydrogen-bond donors (Lipinski definition) is 2. The van der Waals surface area contributed by atoms with Gasteiger partial charge in [-0.25, -0.2) is 4.98 Å². The highest BCUT2D eigenvalue weighted by Gasteiger charge is 2.05. The molecule has 64 valence electrons. The molecule has 0 saturated carbocycles. The van der Waals surface area contributed by atoms with Crippen molar-refractivity contribution in [1.29, 1.82) is 0 Å². The van der Waals surface area contributed by atoms with E-state index in [4.69, 9.17) is 23.1 Å². The van der Waals surface area contributed by atoms with Gasteiger partial charge in [0, 0.05) is 0 Å². The molecule has 1 amide bonds. The number of rotatable bonds is 2. The quantitative estimate of drug-likeness (QED) is 0.697. The second-order valence-corrected chi connectivity index (χ2v) is 2.71. The van der Waals surface area contributed by atoms with Crippen molar-refractivity contribution in [3.63, 3.8) is 0 Å². The lowest BCUT2D eigenvalue weighted by Gasteiger charge is -2.00. The van der Waals surface area contributed by atoms with E-state index in [1.807, 2.05) is 0 Å². The van der Waals surface area contributed by atoms with E-state index in [9.17, 15) is 4.79 Å². The summed E-state index contributed by atoms with van der Waals surface area (Å²) >= 11 is 5.71. The number of halogens is 1. The first kappa shape index (κ1) is 8.80. The molecule has 5 heteroatoms. The smallest absolute Gasteiger partial charge is 0.223 e. The SMILES string of the molecule is NC(=O)Cc1nc(N)ccc1Cl. The number of carbonyl (C=O) groups is 1. The maximum absolute atomic E-state index is 10.5. The zero-order chi connectivity index (χ0) is 9.14. The zero-order valence-electron chi connectivity index (χ0n) is 6.25. The van der Waals surface area contributed by atoms with Gasteiger partial charge < -0.3 is 11.5 Å². The van der Waals surface area contributed by atoms with Crippen LogP contribution < -0.4 is 11.5 Å². The minimum absolute atomic E-state index is 0.0177. The largest absolute Gasteiger partial charge is 0.384 e. The Labute approximate surface area is 74.5 Å². The van der Waals surface area contributed by atoms with Crippen molar-refractivity contribution in [3.8, 4) is 0 Å². The van der Waals surface area contributed by atoms with Crippen molar-refractivity contribution in [2.75, 3.05) is 5.73 Å². The third-order valence-electron chi connectivity index (χ3n) is 1.28. The molecule has 0 aliphatic rings. The molecule has 1 rings (SSSR count). The fourth-order valence-corrected chi connectivity index (χ4v) is 0.962. The normalized spacial score (nSPS) is 9.75. The number of amides is 1. The van der Waals surface area contributed by atoms with Crippen LogP contribution >= 0.6 is 11.6 Å². The average molecular weight is 186 g/mol. The lowest BCUT2D eigenvalue weighted by atomic mass is 10.2. The van der Waals surface area contributed by atoms with Crippen molar-refractivity contribution in [1.82, 2.24) is 4.98 Å². The van der Waals surface area contributed by atoms with Crippen LogP contribution in [-0.2, 0) is 11.2 Å². The standard InChI is InChI=1S/C7H8ClN3O/c8-4-1-2-6(9)11-5(4)3-7(10)12/h1-2H,3H2,(H2,9,11)(H2,10,12). The highest BCUT2D eigenvalue weighted by molar-refractivity contribution is 6.31. The molecule has 1 aromatic heterocycles. The van der Waals surface area contributed by atoms with E-state index in [-0.39, 0.29) is 6.42 Å². The predicted molar refractivity (Wildman–Crippen MR) is 46.6 cm³/mol. The Bertz CT molecular complexity index is 314. The van der Waals surface area contributed by atoms with Gasteiger partial charge >= 0.3 is 0 Å². The topological polar surface area (TPSA) is 82.0 Å². The molecule has 0 saturated heterocycles. The second-order valence-electron chi connectivity index (χ2n) is 2.31. The van der Waals surface area contributed by atoms with E-state index in [0.29, 0.717) is 16.5 Å². The van der Waals surface area contributed by atoms with Crippen LogP contribution in [0.1, 0.15) is 5.69 Å². The highest BCUT2D eigenvalue weighted by Crippen LogP contribution is 2.15. The summed E-state index contributed by atoms with van der Waals surface area (Å²) in [4.78, 5) is 14.4. The van der Waals surface area contributed by atoms with Gasteiger partial charge in [0.25, 0.3) is 0 Å². The molecule has 0 atom stereocenters. The number of nitrogens with zero attached hydrogens (tertiary/aromatic N) is 1. The number of aromatic nitrogens is 1.